The standard InChI is InChI=1S/C23H25ClN2O3/c1-14(2)17-8-10-18(11-9-17)15(3)25-23(27)22-21(16(4)29-26-22)13-28-20-7-5-6-19(24)12-20/h5-12,14-15H,13H2,1-4H3,(H,25,27). The summed E-state index contributed by atoms with van der Waals surface area (Å²) < 4.78 is 11.0. The third-order valence-corrected chi connectivity index (χ3v) is 5.06. The molecule has 0 spiro atoms. The van der Waals surface area contributed by atoms with E-state index in [0.29, 0.717) is 28.0 Å². The number of aryl methyl sites for hydroxylation is 1. The van der Waals surface area contributed by atoms with Gasteiger partial charge in [-0.3, -0.25) is 4.79 Å². The van der Waals surface area contributed by atoms with Crippen LogP contribution < -0.4 is 10.1 Å². The number of nitrogens with zero attached hydrogens (tertiary/aromatic N) is 1. The van der Waals surface area contributed by atoms with Gasteiger partial charge in [0.1, 0.15) is 18.1 Å². The molecule has 29 heavy (non-hydrogen) atoms. The van der Waals surface area contributed by atoms with Crippen LogP contribution in [0.25, 0.3) is 0 Å². The molecule has 1 atom stereocenters. The highest BCUT2D eigenvalue weighted by Crippen LogP contribution is 2.22. The Labute approximate surface area is 176 Å². The van der Waals surface area contributed by atoms with Crippen molar-refractivity contribution in [3.8, 4) is 5.75 Å². The topological polar surface area (TPSA) is 64.4 Å². The smallest absolute Gasteiger partial charge is 0.274 e. The van der Waals surface area contributed by atoms with Crippen LogP contribution >= 0.6 is 11.6 Å². The second-order valence-corrected chi connectivity index (χ2v) is 7.76. The first kappa shape index (κ1) is 20.9. The summed E-state index contributed by atoms with van der Waals surface area (Å²) in [7, 11) is 0. The van der Waals surface area contributed by atoms with Gasteiger partial charge in [-0.1, -0.05) is 60.9 Å². The fourth-order valence-electron chi connectivity index (χ4n) is 2.97. The molecule has 0 radical (unpaired) electrons. The molecule has 0 saturated carbocycles. The minimum absolute atomic E-state index is 0.163. The Hall–Kier alpha value is -2.79. The van der Waals surface area contributed by atoms with Gasteiger partial charge in [0, 0.05) is 5.02 Å². The van der Waals surface area contributed by atoms with Crippen LogP contribution in [0.1, 0.15) is 65.7 Å². The summed E-state index contributed by atoms with van der Waals surface area (Å²) in [6.45, 7) is 8.17. The third-order valence-electron chi connectivity index (χ3n) is 4.83. The van der Waals surface area contributed by atoms with E-state index in [1.807, 2.05) is 19.1 Å². The van der Waals surface area contributed by atoms with Crippen LogP contribution in [0.2, 0.25) is 5.02 Å². The highest BCUT2D eigenvalue weighted by molar-refractivity contribution is 6.30. The summed E-state index contributed by atoms with van der Waals surface area (Å²) in [6.07, 6.45) is 0. The molecule has 0 bridgehead atoms. The molecule has 6 heteroatoms. The molecule has 3 aromatic rings. The van der Waals surface area contributed by atoms with Crippen molar-refractivity contribution in [3.05, 3.63) is 81.7 Å². The van der Waals surface area contributed by atoms with Crippen molar-refractivity contribution in [2.24, 2.45) is 0 Å². The van der Waals surface area contributed by atoms with E-state index in [1.54, 1.807) is 31.2 Å². The Kier molecular flexibility index (Phi) is 6.60. The van der Waals surface area contributed by atoms with Crippen LogP contribution in [0, 0.1) is 6.92 Å². The average Bonchev–Trinajstić information content (AvgIpc) is 3.07. The van der Waals surface area contributed by atoms with Gasteiger partial charge in [0.25, 0.3) is 5.91 Å². The van der Waals surface area contributed by atoms with Crippen LogP contribution in [0.5, 0.6) is 5.75 Å². The van der Waals surface area contributed by atoms with Gasteiger partial charge in [-0.25, -0.2) is 0 Å². The lowest BCUT2D eigenvalue weighted by molar-refractivity contribution is 0.0928. The molecule has 0 saturated heterocycles. The van der Waals surface area contributed by atoms with Crippen LogP contribution in [0.15, 0.2) is 53.1 Å². The van der Waals surface area contributed by atoms with Crippen molar-refractivity contribution >= 4 is 17.5 Å². The van der Waals surface area contributed by atoms with Crippen molar-refractivity contribution in [2.45, 2.75) is 46.3 Å². The summed E-state index contributed by atoms with van der Waals surface area (Å²) in [5.41, 5.74) is 3.14. The summed E-state index contributed by atoms with van der Waals surface area (Å²) >= 11 is 5.99. The molecule has 0 aliphatic rings. The van der Waals surface area contributed by atoms with Gasteiger partial charge in [0.2, 0.25) is 0 Å². The van der Waals surface area contributed by atoms with E-state index < -0.39 is 0 Å². The van der Waals surface area contributed by atoms with Crippen LogP contribution in [0.4, 0.5) is 0 Å². The number of rotatable bonds is 7. The Morgan fingerprint density at radius 2 is 1.83 bits per heavy atom. The Bertz CT molecular complexity index is 980. The zero-order chi connectivity index (χ0) is 21.0. The lowest BCUT2D eigenvalue weighted by Gasteiger charge is -2.15. The predicted molar refractivity (Wildman–Crippen MR) is 113 cm³/mol. The molecule has 1 unspecified atom stereocenters. The second-order valence-electron chi connectivity index (χ2n) is 7.33. The molecule has 1 amide bonds. The minimum Gasteiger partial charge on any atom is -0.489 e. The molecule has 1 N–H and O–H groups in total. The van der Waals surface area contributed by atoms with Crippen molar-refractivity contribution in [3.63, 3.8) is 0 Å². The maximum absolute atomic E-state index is 12.8. The van der Waals surface area contributed by atoms with Crippen molar-refractivity contribution < 1.29 is 14.1 Å². The highest BCUT2D eigenvalue weighted by Gasteiger charge is 2.22. The van der Waals surface area contributed by atoms with Gasteiger partial charge in [0.05, 0.1) is 11.6 Å². The molecule has 0 aliphatic heterocycles. The van der Waals surface area contributed by atoms with Crippen molar-refractivity contribution in [1.29, 1.82) is 0 Å². The SMILES string of the molecule is Cc1onc(C(=O)NC(C)c2ccc(C(C)C)cc2)c1COc1cccc(Cl)c1. The molecule has 152 valence electrons. The van der Waals surface area contributed by atoms with Gasteiger partial charge < -0.3 is 14.6 Å². The number of ether oxygens (including phenoxy) is 1. The van der Waals surface area contributed by atoms with Crippen molar-refractivity contribution in [2.75, 3.05) is 0 Å². The summed E-state index contributed by atoms with van der Waals surface area (Å²) in [6, 6.07) is 15.2. The first-order valence-electron chi connectivity index (χ1n) is 9.59. The second kappa shape index (κ2) is 9.14. The summed E-state index contributed by atoms with van der Waals surface area (Å²) in [4.78, 5) is 12.8. The normalized spacial score (nSPS) is 12.1. The molecule has 2 aromatic carbocycles. The number of hydrogen-bond acceptors (Lipinski definition) is 4. The van der Waals surface area contributed by atoms with Gasteiger partial charge in [-0.05, 0) is 49.1 Å². The first-order valence-corrected chi connectivity index (χ1v) is 9.97. The zero-order valence-electron chi connectivity index (χ0n) is 17.0. The maximum Gasteiger partial charge on any atom is 0.274 e. The molecule has 1 aromatic heterocycles. The van der Waals surface area contributed by atoms with E-state index in [-0.39, 0.29) is 24.2 Å². The Morgan fingerprint density at radius 3 is 2.48 bits per heavy atom. The fourth-order valence-corrected chi connectivity index (χ4v) is 3.15. The number of halogens is 1. The molecule has 1 heterocycles. The van der Waals surface area contributed by atoms with Gasteiger partial charge >= 0.3 is 0 Å². The predicted octanol–water partition coefficient (Wildman–Crippen LogP) is 5.83. The molecular weight excluding hydrogens is 388 g/mol. The van der Waals surface area contributed by atoms with E-state index in [2.05, 4.69) is 36.5 Å². The molecule has 5 nitrogen and oxygen atoms in total. The highest BCUT2D eigenvalue weighted by atomic mass is 35.5. The van der Waals surface area contributed by atoms with E-state index in [4.69, 9.17) is 20.9 Å². The molecule has 0 fully saturated rings. The van der Waals surface area contributed by atoms with Crippen molar-refractivity contribution in [1.82, 2.24) is 10.5 Å². The molecule has 3 rings (SSSR count). The molecule has 0 aliphatic carbocycles. The lowest BCUT2D eigenvalue weighted by Crippen LogP contribution is -2.28. The number of nitrogens with one attached hydrogen (secondary N) is 1. The number of amides is 1. The minimum atomic E-state index is -0.299. The van der Waals surface area contributed by atoms with Crippen LogP contribution in [-0.4, -0.2) is 11.1 Å². The quantitative estimate of drug-likeness (QED) is 0.530. The van der Waals surface area contributed by atoms with E-state index in [1.165, 1.54) is 5.56 Å². The number of hydrogen-bond donors (Lipinski definition) is 1. The van der Waals surface area contributed by atoms with E-state index in [9.17, 15) is 4.79 Å². The lowest BCUT2D eigenvalue weighted by atomic mass is 9.99. The third kappa shape index (κ3) is 5.18. The van der Waals surface area contributed by atoms with Gasteiger partial charge in [-0.2, -0.15) is 0 Å². The number of carbonyl (C=O) groups excluding carboxylic acids is 1. The number of carbonyl (C=O) groups is 1. The Balaban J connectivity index is 1.69. The summed E-state index contributed by atoms with van der Waals surface area (Å²) in [5.74, 6) is 1.33. The maximum atomic E-state index is 12.8. The largest absolute Gasteiger partial charge is 0.489 e. The van der Waals surface area contributed by atoms with Crippen LogP contribution in [-0.2, 0) is 6.61 Å². The number of benzene rings is 2. The monoisotopic (exact) mass is 412 g/mol. The zero-order valence-corrected chi connectivity index (χ0v) is 17.8. The van der Waals surface area contributed by atoms with Crippen LogP contribution in [0.3, 0.4) is 0 Å². The molecular formula is C23H25ClN2O3. The van der Waals surface area contributed by atoms with Gasteiger partial charge in [-0.15, -0.1) is 0 Å². The van der Waals surface area contributed by atoms with E-state index in [0.717, 1.165) is 5.56 Å². The average molecular weight is 413 g/mol. The summed E-state index contributed by atoms with van der Waals surface area (Å²) in [5, 5.41) is 7.50. The Morgan fingerprint density at radius 1 is 1.14 bits per heavy atom. The van der Waals surface area contributed by atoms with Gasteiger partial charge in [0.15, 0.2) is 5.69 Å². The fraction of sp³-hybridized carbons (Fsp3) is 0.304. The van der Waals surface area contributed by atoms with E-state index >= 15 is 0 Å². The number of aromatic nitrogens is 1. The first-order chi connectivity index (χ1) is 13.8.